The molecule has 1 aromatic carbocycles. The molecule has 2 unspecified atom stereocenters. The highest BCUT2D eigenvalue weighted by molar-refractivity contribution is 7.99. The van der Waals surface area contributed by atoms with Gasteiger partial charge in [0.25, 0.3) is 0 Å². The van der Waals surface area contributed by atoms with Crippen LogP contribution in [0.15, 0.2) is 17.0 Å². The lowest BCUT2D eigenvalue weighted by Gasteiger charge is -2.38. The van der Waals surface area contributed by atoms with Gasteiger partial charge >= 0.3 is 6.18 Å². The topological polar surface area (TPSA) is 23.6 Å². The van der Waals surface area contributed by atoms with Crippen molar-refractivity contribution in [3.8, 4) is 0 Å². The number of carbonyl (C=O) groups is 1. The van der Waals surface area contributed by atoms with Crippen LogP contribution in [0.4, 0.5) is 23.2 Å². The predicted octanol–water partition coefficient (Wildman–Crippen LogP) is 5.27. The zero-order valence-corrected chi connectivity index (χ0v) is 18.6. The van der Waals surface area contributed by atoms with Crippen LogP contribution in [0.25, 0.3) is 0 Å². The molecule has 2 aliphatic rings. The Morgan fingerprint density at radius 2 is 1.79 bits per heavy atom. The fraction of sp³-hybridized carbons (Fsp3) is 0.632. The van der Waals surface area contributed by atoms with Crippen LogP contribution < -0.4 is 4.90 Å². The maximum absolute atomic E-state index is 14.5. The van der Waals surface area contributed by atoms with E-state index in [1.807, 2.05) is 6.92 Å². The van der Waals surface area contributed by atoms with Gasteiger partial charge in [0.2, 0.25) is 5.91 Å². The third-order valence-corrected chi connectivity index (χ3v) is 8.67. The lowest BCUT2D eigenvalue weighted by molar-refractivity contribution is -0.137. The molecule has 0 spiro atoms. The fourth-order valence-corrected chi connectivity index (χ4v) is 5.36. The Kier molecular flexibility index (Phi) is 6.04. The highest BCUT2D eigenvalue weighted by Crippen LogP contribution is 2.69. The summed E-state index contributed by atoms with van der Waals surface area (Å²) in [6.07, 6.45) is -4.30. The number of nitrogens with zero attached hydrogens (tertiary/aromatic N) is 2. The van der Waals surface area contributed by atoms with Gasteiger partial charge in [0.15, 0.2) is 0 Å². The molecular weight excluding hydrogens is 451 g/mol. The van der Waals surface area contributed by atoms with Gasteiger partial charge in [-0.25, -0.2) is 4.39 Å². The number of halogens is 6. The molecule has 1 aliphatic carbocycles. The predicted molar refractivity (Wildman–Crippen MR) is 108 cm³/mol. The van der Waals surface area contributed by atoms with E-state index in [0.29, 0.717) is 48.4 Å². The molecule has 3 rings (SSSR count). The van der Waals surface area contributed by atoms with Crippen LogP contribution in [-0.2, 0) is 4.79 Å². The Bertz CT molecular complexity index is 812. The summed E-state index contributed by atoms with van der Waals surface area (Å²) in [5, 5.41) is 0. The van der Waals surface area contributed by atoms with E-state index in [9.17, 15) is 22.4 Å². The van der Waals surface area contributed by atoms with E-state index in [1.54, 1.807) is 23.6 Å². The molecule has 0 bridgehead atoms. The molecule has 1 saturated heterocycles. The quantitative estimate of drug-likeness (QED) is 0.339. The first kappa shape index (κ1) is 22.8. The van der Waals surface area contributed by atoms with Gasteiger partial charge in [-0.1, -0.05) is 6.92 Å². The normalized spacial score (nSPS) is 26.6. The van der Waals surface area contributed by atoms with Crippen molar-refractivity contribution in [2.45, 2.75) is 36.2 Å². The smallest absolute Gasteiger partial charge is 0.366 e. The van der Waals surface area contributed by atoms with E-state index in [2.05, 4.69) is 0 Å². The summed E-state index contributed by atoms with van der Waals surface area (Å²) < 4.78 is 51.1. The van der Waals surface area contributed by atoms with Crippen molar-refractivity contribution in [3.05, 3.63) is 23.5 Å². The highest BCUT2D eigenvalue weighted by Gasteiger charge is 2.75. The molecule has 0 N–H and O–H groups in total. The van der Waals surface area contributed by atoms with Gasteiger partial charge in [0, 0.05) is 37.0 Å². The van der Waals surface area contributed by atoms with Crippen molar-refractivity contribution >= 4 is 46.6 Å². The van der Waals surface area contributed by atoms with Gasteiger partial charge in [-0.05, 0) is 31.5 Å². The van der Waals surface area contributed by atoms with Gasteiger partial charge in [-0.15, -0.1) is 35.0 Å². The first-order valence-corrected chi connectivity index (χ1v) is 10.9. The number of hydrogen-bond acceptors (Lipinski definition) is 3. The first-order valence-electron chi connectivity index (χ1n) is 9.21. The Balaban J connectivity index is 1.69. The van der Waals surface area contributed by atoms with Crippen LogP contribution in [0.5, 0.6) is 0 Å². The summed E-state index contributed by atoms with van der Waals surface area (Å²) >= 11 is 13.1. The summed E-state index contributed by atoms with van der Waals surface area (Å²) in [5.41, 5.74) is -0.123. The molecule has 162 valence electrons. The fourth-order valence-electron chi connectivity index (χ4n) is 3.74. The average molecular weight is 473 g/mol. The summed E-state index contributed by atoms with van der Waals surface area (Å²) in [7, 11) is 0. The van der Waals surface area contributed by atoms with Crippen LogP contribution >= 0.6 is 35.0 Å². The monoisotopic (exact) mass is 472 g/mol. The molecular formula is C19H22Cl2F4N2OS. The van der Waals surface area contributed by atoms with E-state index >= 15 is 0 Å². The number of benzene rings is 1. The molecule has 1 aromatic rings. The molecule has 3 nitrogen and oxygen atoms in total. The van der Waals surface area contributed by atoms with E-state index in [-0.39, 0.29) is 17.5 Å². The SMILES string of the molecule is Cc1cc(F)c(N2CCN(C(=O)C3(C)C(C)C3(Cl)Cl)CC2)cc1SCC(F)(F)F. The van der Waals surface area contributed by atoms with Crippen molar-refractivity contribution in [1.82, 2.24) is 4.90 Å². The lowest BCUT2D eigenvalue weighted by Crippen LogP contribution is -2.51. The number of thioether (sulfide) groups is 1. The van der Waals surface area contributed by atoms with Crippen molar-refractivity contribution in [1.29, 1.82) is 0 Å². The van der Waals surface area contributed by atoms with Crippen molar-refractivity contribution in [2.75, 3.05) is 36.8 Å². The summed E-state index contributed by atoms with van der Waals surface area (Å²) in [5.74, 6) is -1.80. The first-order chi connectivity index (χ1) is 13.3. The molecule has 0 aromatic heterocycles. The van der Waals surface area contributed by atoms with Crippen molar-refractivity contribution < 1.29 is 22.4 Å². The minimum absolute atomic E-state index is 0.125. The number of amides is 1. The minimum Gasteiger partial charge on any atom is -0.366 e. The lowest BCUT2D eigenvalue weighted by atomic mass is 10.0. The van der Waals surface area contributed by atoms with E-state index in [4.69, 9.17) is 23.2 Å². The third kappa shape index (κ3) is 4.17. The molecule has 1 amide bonds. The number of aryl methyl sites for hydroxylation is 1. The molecule has 0 radical (unpaired) electrons. The van der Waals surface area contributed by atoms with E-state index in [1.165, 1.54) is 12.1 Å². The van der Waals surface area contributed by atoms with E-state index in [0.717, 1.165) is 0 Å². The summed E-state index contributed by atoms with van der Waals surface area (Å²) in [4.78, 5) is 16.7. The Morgan fingerprint density at radius 3 is 2.28 bits per heavy atom. The van der Waals surface area contributed by atoms with E-state index < -0.39 is 27.5 Å². The van der Waals surface area contributed by atoms with Crippen molar-refractivity contribution in [2.24, 2.45) is 11.3 Å². The summed E-state index contributed by atoms with van der Waals surface area (Å²) in [6.45, 7) is 6.64. The average Bonchev–Trinajstić information content (AvgIpc) is 3.04. The zero-order valence-electron chi connectivity index (χ0n) is 16.2. The molecule has 1 aliphatic heterocycles. The molecule has 2 atom stereocenters. The number of piperazine rings is 1. The second-order valence-electron chi connectivity index (χ2n) is 7.80. The van der Waals surface area contributed by atoms with Gasteiger partial charge in [-0.2, -0.15) is 13.2 Å². The highest BCUT2D eigenvalue weighted by atomic mass is 35.5. The van der Waals surface area contributed by atoms with Crippen molar-refractivity contribution in [3.63, 3.8) is 0 Å². The molecule has 2 fully saturated rings. The number of hydrogen-bond donors (Lipinski definition) is 0. The maximum atomic E-state index is 14.5. The van der Waals surface area contributed by atoms with Crippen LogP contribution in [0, 0.1) is 24.1 Å². The molecule has 29 heavy (non-hydrogen) atoms. The second-order valence-corrected chi connectivity index (χ2v) is 10.2. The van der Waals surface area contributed by atoms with Gasteiger partial charge in [-0.3, -0.25) is 4.79 Å². The zero-order chi connectivity index (χ0) is 21.8. The van der Waals surface area contributed by atoms with Crippen LogP contribution in [-0.4, -0.2) is 53.2 Å². The maximum Gasteiger partial charge on any atom is 0.398 e. The standard InChI is InChI=1S/C19H22Cl2F4N2OS/c1-11-8-13(22)14(9-15(11)29-10-18(23,24)25)26-4-6-27(7-5-26)16(28)17(3)12(2)19(17,20)21/h8-9,12H,4-7,10H2,1-3H3. The number of anilines is 1. The Labute approximate surface area is 181 Å². The second kappa shape index (κ2) is 7.68. The molecule has 10 heteroatoms. The summed E-state index contributed by atoms with van der Waals surface area (Å²) in [6, 6.07) is 2.72. The minimum atomic E-state index is -4.30. The number of carbonyl (C=O) groups excluding carboxylic acids is 1. The van der Waals surface area contributed by atoms with Crippen LogP contribution in [0.1, 0.15) is 19.4 Å². The Hall–Kier alpha value is -0.860. The van der Waals surface area contributed by atoms with Gasteiger partial charge < -0.3 is 9.80 Å². The van der Waals surface area contributed by atoms with Gasteiger partial charge in [0.05, 0.1) is 16.9 Å². The van der Waals surface area contributed by atoms with Crippen LogP contribution in [0.2, 0.25) is 0 Å². The number of alkyl halides is 5. The number of rotatable bonds is 4. The third-order valence-electron chi connectivity index (χ3n) is 6.01. The Morgan fingerprint density at radius 1 is 1.24 bits per heavy atom. The molecule has 1 saturated carbocycles. The molecule has 1 heterocycles. The van der Waals surface area contributed by atoms with Gasteiger partial charge in [0.1, 0.15) is 10.2 Å². The largest absolute Gasteiger partial charge is 0.398 e. The van der Waals surface area contributed by atoms with Crippen LogP contribution in [0.3, 0.4) is 0 Å².